The molecule has 0 fully saturated rings. The van der Waals surface area contributed by atoms with Gasteiger partial charge in [-0.2, -0.15) is 5.10 Å². The number of halogens is 4. The van der Waals surface area contributed by atoms with Crippen LogP contribution in [0.4, 0.5) is 5.69 Å². The maximum Gasteiger partial charge on any atom is 0.274 e. The van der Waals surface area contributed by atoms with Gasteiger partial charge in [-0.1, -0.05) is 23.2 Å². The minimum Gasteiger partial charge on any atom is -0.320 e. The van der Waals surface area contributed by atoms with Crippen LogP contribution < -0.4 is 10.6 Å². The first-order valence-corrected chi connectivity index (χ1v) is 10.8. The largest absolute Gasteiger partial charge is 0.320 e. The Bertz CT molecular complexity index is 1100. The van der Waals surface area contributed by atoms with Gasteiger partial charge in [-0.05, 0) is 79.0 Å². The average molecular weight is 548 g/mol. The number of anilines is 1. The van der Waals surface area contributed by atoms with Gasteiger partial charge in [-0.3, -0.25) is 4.79 Å². The normalized spacial score (nSPS) is 11.2. The summed E-state index contributed by atoms with van der Waals surface area (Å²) < 4.78 is 1.91. The number of hydrogen-bond acceptors (Lipinski definition) is 4. The lowest BCUT2D eigenvalue weighted by atomic mass is 10.0. The number of rotatable bonds is 5. The van der Waals surface area contributed by atoms with Crippen molar-refractivity contribution >= 4 is 63.1 Å². The number of benzene rings is 1. The Hall–Kier alpha value is -1.64. The third-order valence-electron chi connectivity index (χ3n) is 4.28. The van der Waals surface area contributed by atoms with Gasteiger partial charge in [-0.25, -0.2) is 9.67 Å². The highest BCUT2D eigenvalue weighted by Gasteiger charge is 2.21. The first-order valence-electron chi connectivity index (χ1n) is 9.27. The summed E-state index contributed by atoms with van der Waals surface area (Å²) in [6.45, 7) is 8.69. The van der Waals surface area contributed by atoms with Gasteiger partial charge >= 0.3 is 0 Å². The number of amides is 1. The topological polar surface area (TPSA) is 71.8 Å². The van der Waals surface area contributed by atoms with Gasteiger partial charge in [0, 0.05) is 35.1 Å². The van der Waals surface area contributed by atoms with Gasteiger partial charge in [0.15, 0.2) is 5.82 Å². The third kappa shape index (κ3) is 6.43. The number of nitrogens with zero attached hydrogens (tertiary/aromatic N) is 3. The summed E-state index contributed by atoms with van der Waals surface area (Å²) in [6, 6.07) is 8.71. The van der Waals surface area contributed by atoms with Crippen molar-refractivity contribution in [2.45, 2.75) is 39.8 Å². The fraction of sp³-hybridized carbons (Fsp3) is 0.286. The van der Waals surface area contributed by atoms with Crippen LogP contribution in [-0.4, -0.2) is 26.2 Å². The van der Waals surface area contributed by atoms with Crippen molar-refractivity contribution < 1.29 is 4.79 Å². The summed E-state index contributed by atoms with van der Waals surface area (Å²) in [5.74, 6) is 0.0369. The van der Waals surface area contributed by atoms with Gasteiger partial charge in [0.05, 0.1) is 5.02 Å². The van der Waals surface area contributed by atoms with E-state index in [9.17, 15) is 4.79 Å². The van der Waals surface area contributed by atoms with Gasteiger partial charge in [0.2, 0.25) is 0 Å². The zero-order chi connectivity index (χ0) is 22.1. The number of aromatic nitrogens is 3. The highest BCUT2D eigenvalue weighted by molar-refractivity contribution is 9.10. The molecule has 6 nitrogen and oxygen atoms in total. The molecule has 0 bridgehead atoms. The second-order valence-electron chi connectivity index (χ2n) is 7.89. The molecule has 2 heterocycles. The molecule has 0 unspecified atom stereocenters. The Balaban J connectivity index is 0.00000341. The van der Waals surface area contributed by atoms with E-state index < -0.39 is 0 Å². The van der Waals surface area contributed by atoms with Gasteiger partial charge in [-0.15, -0.1) is 12.4 Å². The standard InChI is InChI=1S/C21H22BrCl2N5O.ClH/c1-12-8-14(23)9-13(11-26-21(2,3)4)18(12)27-20(30)16-10-17(22)28-29(16)19-15(24)6-5-7-25-19;/h5-10,26H,11H2,1-4H3,(H,27,30);1H. The van der Waals surface area contributed by atoms with E-state index in [1.807, 2.05) is 19.1 Å². The molecule has 0 aliphatic heterocycles. The number of hydrogen-bond donors (Lipinski definition) is 2. The van der Waals surface area contributed by atoms with Crippen molar-refractivity contribution in [2.75, 3.05) is 5.32 Å². The maximum atomic E-state index is 13.2. The van der Waals surface area contributed by atoms with Crippen LogP contribution in [-0.2, 0) is 6.54 Å². The summed E-state index contributed by atoms with van der Waals surface area (Å²) in [5.41, 5.74) is 2.67. The van der Waals surface area contributed by atoms with Crippen LogP contribution in [0.2, 0.25) is 10.0 Å². The highest BCUT2D eigenvalue weighted by atomic mass is 79.9. The molecule has 0 saturated heterocycles. The monoisotopic (exact) mass is 545 g/mol. The lowest BCUT2D eigenvalue weighted by Crippen LogP contribution is -2.35. The predicted molar refractivity (Wildman–Crippen MR) is 132 cm³/mol. The number of carbonyl (C=O) groups excluding carboxylic acids is 1. The minimum atomic E-state index is -0.336. The van der Waals surface area contributed by atoms with Crippen LogP contribution in [0.15, 0.2) is 41.1 Å². The fourth-order valence-corrected chi connectivity index (χ4v) is 3.75. The fourth-order valence-electron chi connectivity index (χ4n) is 2.88. The second kappa shape index (κ2) is 10.3. The van der Waals surface area contributed by atoms with E-state index in [1.54, 1.807) is 24.4 Å². The van der Waals surface area contributed by atoms with Crippen LogP contribution in [0.1, 0.15) is 42.4 Å². The van der Waals surface area contributed by atoms with Crippen molar-refractivity contribution in [1.82, 2.24) is 20.1 Å². The van der Waals surface area contributed by atoms with E-state index in [2.05, 4.69) is 57.4 Å². The van der Waals surface area contributed by atoms with E-state index in [-0.39, 0.29) is 23.9 Å². The highest BCUT2D eigenvalue weighted by Crippen LogP contribution is 2.28. The van der Waals surface area contributed by atoms with Crippen LogP contribution >= 0.6 is 51.5 Å². The predicted octanol–water partition coefficient (Wildman–Crippen LogP) is 6.21. The van der Waals surface area contributed by atoms with Crippen molar-refractivity contribution in [2.24, 2.45) is 0 Å². The molecule has 2 aromatic heterocycles. The molecule has 0 spiro atoms. The summed E-state index contributed by atoms with van der Waals surface area (Å²) in [5, 5.41) is 11.8. The Kier molecular flexibility index (Phi) is 8.53. The zero-order valence-electron chi connectivity index (χ0n) is 17.5. The number of pyridine rings is 1. The summed E-state index contributed by atoms with van der Waals surface area (Å²) in [6.07, 6.45) is 1.60. The minimum absolute atomic E-state index is 0. The molecule has 166 valence electrons. The Labute approximate surface area is 206 Å². The molecule has 0 atom stereocenters. The molecule has 1 aromatic carbocycles. The van der Waals surface area contributed by atoms with Gasteiger partial charge in [0.1, 0.15) is 10.3 Å². The lowest BCUT2D eigenvalue weighted by molar-refractivity contribution is 0.101. The summed E-state index contributed by atoms with van der Waals surface area (Å²) >= 11 is 15.9. The van der Waals surface area contributed by atoms with Crippen LogP contribution in [0, 0.1) is 6.92 Å². The quantitative estimate of drug-likeness (QED) is 0.399. The Morgan fingerprint density at radius 3 is 2.58 bits per heavy atom. The van der Waals surface area contributed by atoms with E-state index in [1.165, 1.54) is 4.68 Å². The lowest BCUT2D eigenvalue weighted by Gasteiger charge is -2.23. The zero-order valence-corrected chi connectivity index (χ0v) is 21.4. The van der Waals surface area contributed by atoms with Crippen LogP contribution in [0.25, 0.3) is 5.82 Å². The first-order chi connectivity index (χ1) is 14.0. The molecule has 2 N–H and O–H groups in total. The molecular formula is C21H23BrCl3N5O. The maximum absolute atomic E-state index is 13.2. The molecule has 1 amide bonds. The number of nitrogens with one attached hydrogen (secondary N) is 2. The number of carbonyl (C=O) groups is 1. The third-order valence-corrected chi connectivity index (χ3v) is 5.18. The second-order valence-corrected chi connectivity index (χ2v) is 9.54. The molecule has 0 aliphatic carbocycles. The molecule has 0 saturated carbocycles. The van der Waals surface area contributed by atoms with Crippen molar-refractivity contribution in [3.8, 4) is 5.82 Å². The molecule has 0 radical (unpaired) electrons. The van der Waals surface area contributed by atoms with E-state index in [0.717, 1.165) is 11.1 Å². The van der Waals surface area contributed by atoms with E-state index >= 15 is 0 Å². The summed E-state index contributed by atoms with van der Waals surface area (Å²) in [7, 11) is 0. The first kappa shape index (κ1) is 25.6. The average Bonchev–Trinajstić information content (AvgIpc) is 3.03. The van der Waals surface area contributed by atoms with Gasteiger partial charge in [0.25, 0.3) is 5.91 Å². The molecule has 10 heteroatoms. The van der Waals surface area contributed by atoms with Gasteiger partial charge < -0.3 is 10.6 Å². The Morgan fingerprint density at radius 1 is 1.23 bits per heavy atom. The molecule has 3 aromatic rings. The number of aryl methyl sites for hydroxylation is 1. The summed E-state index contributed by atoms with van der Waals surface area (Å²) in [4.78, 5) is 17.5. The molecule has 3 rings (SSSR count). The Morgan fingerprint density at radius 2 is 1.94 bits per heavy atom. The molecule has 31 heavy (non-hydrogen) atoms. The van der Waals surface area contributed by atoms with Crippen LogP contribution in [0.5, 0.6) is 0 Å². The molecular weight excluding hydrogens is 525 g/mol. The smallest absolute Gasteiger partial charge is 0.274 e. The van der Waals surface area contributed by atoms with E-state index in [0.29, 0.717) is 38.4 Å². The molecule has 0 aliphatic rings. The van der Waals surface area contributed by atoms with Crippen molar-refractivity contribution in [3.05, 3.63) is 68.0 Å². The van der Waals surface area contributed by atoms with Crippen LogP contribution in [0.3, 0.4) is 0 Å². The van der Waals surface area contributed by atoms with Crippen molar-refractivity contribution in [1.29, 1.82) is 0 Å². The van der Waals surface area contributed by atoms with Crippen molar-refractivity contribution in [3.63, 3.8) is 0 Å². The SMILES string of the molecule is Cc1cc(Cl)cc(CNC(C)(C)C)c1NC(=O)c1cc(Br)nn1-c1ncccc1Cl.Cl. The van der Waals surface area contributed by atoms with E-state index in [4.69, 9.17) is 23.2 Å².